The van der Waals surface area contributed by atoms with Crippen LogP contribution in [-0.4, -0.2) is 59.3 Å². The summed E-state index contributed by atoms with van der Waals surface area (Å²) >= 11 is 1.64. The van der Waals surface area contributed by atoms with E-state index in [2.05, 4.69) is 13.8 Å². The molecule has 264 valence electrons. The Bertz CT molecular complexity index is 1510. The van der Waals surface area contributed by atoms with Crippen molar-refractivity contribution in [3.8, 4) is 11.1 Å². The van der Waals surface area contributed by atoms with Crippen LogP contribution in [0.4, 0.5) is 22.0 Å². The largest absolute Gasteiger partial charge is 0.456 e. The Morgan fingerprint density at radius 2 is 1.50 bits per heavy atom. The summed E-state index contributed by atoms with van der Waals surface area (Å²) in [7, 11) is 0. The fourth-order valence-corrected chi connectivity index (χ4v) is 9.68. The second-order valence-corrected chi connectivity index (χ2v) is 16.5. The van der Waals surface area contributed by atoms with Gasteiger partial charge >= 0.3 is 12.1 Å². The summed E-state index contributed by atoms with van der Waals surface area (Å²) in [5.41, 5.74) is 1.31. The van der Waals surface area contributed by atoms with E-state index in [1.165, 1.54) is 6.92 Å². The van der Waals surface area contributed by atoms with Crippen LogP contribution in [0.1, 0.15) is 84.1 Å². The molecule has 1 aliphatic heterocycles. The molecule has 6 atom stereocenters. The van der Waals surface area contributed by atoms with Gasteiger partial charge in [-0.15, -0.1) is 11.8 Å². The number of rotatable bonds is 6. The number of fused-ring (bicyclic) bond motifs is 2. The monoisotopic (exact) mass is 694 g/mol. The molecule has 0 aromatic heterocycles. The highest BCUT2D eigenvalue weighted by Gasteiger charge is 2.69. The quantitative estimate of drug-likeness (QED) is 0.179. The molecule has 1 spiro atoms. The molecule has 2 aromatic carbocycles. The van der Waals surface area contributed by atoms with Crippen molar-refractivity contribution in [3.63, 3.8) is 0 Å². The highest BCUT2D eigenvalue weighted by molar-refractivity contribution is 7.98. The number of ether oxygens (including phenoxy) is 2. The minimum Gasteiger partial charge on any atom is -0.386 e. The molecule has 2 unspecified atom stereocenters. The van der Waals surface area contributed by atoms with Gasteiger partial charge in [-0.2, -0.15) is 22.0 Å². The minimum atomic E-state index is -5.89. The molecule has 4 aliphatic rings. The van der Waals surface area contributed by atoms with E-state index in [9.17, 15) is 23.4 Å². The van der Waals surface area contributed by atoms with E-state index in [1.807, 2.05) is 54.8 Å². The molecule has 3 fully saturated rings. The predicted molar refractivity (Wildman–Crippen MR) is 177 cm³/mol. The Balaban J connectivity index is 1.44. The van der Waals surface area contributed by atoms with E-state index in [1.54, 1.807) is 18.7 Å². The molecular weight excluding hydrogens is 647 g/mol. The van der Waals surface area contributed by atoms with Gasteiger partial charge in [-0.1, -0.05) is 76.1 Å². The molecule has 2 aromatic rings. The number of hydrogen-bond acceptors (Lipinski definition) is 5. The van der Waals surface area contributed by atoms with Gasteiger partial charge in [0.25, 0.3) is 0 Å². The number of aliphatic hydroxyl groups excluding tert-OH is 1. The fourth-order valence-electron chi connectivity index (χ4n) is 9.27. The molecule has 0 radical (unpaired) electrons. The zero-order valence-corrected chi connectivity index (χ0v) is 29.1. The smallest absolute Gasteiger partial charge is 0.386 e. The van der Waals surface area contributed by atoms with Crippen LogP contribution >= 0.6 is 11.8 Å². The maximum absolute atomic E-state index is 15.0. The third-order valence-corrected chi connectivity index (χ3v) is 12.6. The van der Waals surface area contributed by atoms with Crippen LogP contribution in [0.15, 0.2) is 64.6 Å². The van der Waals surface area contributed by atoms with Crippen LogP contribution < -0.4 is 0 Å². The summed E-state index contributed by atoms with van der Waals surface area (Å²) in [6, 6.07) is 15.8. The van der Waals surface area contributed by atoms with Crippen molar-refractivity contribution >= 4 is 11.8 Å². The third kappa shape index (κ3) is 6.05. The summed E-state index contributed by atoms with van der Waals surface area (Å²) in [6.45, 7) is 8.31. The second kappa shape index (κ2) is 12.4. The van der Waals surface area contributed by atoms with Crippen molar-refractivity contribution in [1.82, 2.24) is 0 Å². The fraction of sp³-hybridized carbons (Fsp3) is 0.632. The van der Waals surface area contributed by atoms with Crippen molar-refractivity contribution in [2.45, 2.75) is 113 Å². The molecule has 1 heterocycles. The van der Waals surface area contributed by atoms with Crippen molar-refractivity contribution in [2.75, 3.05) is 19.5 Å². The maximum atomic E-state index is 15.0. The van der Waals surface area contributed by atoms with Gasteiger partial charge in [-0.3, -0.25) is 0 Å². The van der Waals surface area contributed by atoms with Gasteiger partial charge < -0.3 is 19.7 Å². The highest BCUT2D eigenvalue weighted by Crippen LogP contribution is 2.64. The minimum absolute atomic E-state index is 0.113. The van der Waals surface area contributed by atoms with Crippen molar-refractivity contribution in [3.05, 3.63) is 65.2 Å². The first kappa shape index (κ1) is 35.8. The van der Waals surface area contributed by atoms with Gasteiger partial charge in [0.15, 0.2) is 5.79 Å². The molecule has 6 rings (SSSR count). The second-order valence-electron chi connectivity index (χ2n) is 15.6. The normalized spacial score (nSPS) is 32.5. The van der Waals surface area contributed by atoms with Crippen molar-refractivity contribution in [2.24, 2.45) is 22.7 Å². The van der Waals surface area contributed by atoms with E-state index in [-0.39, 0.29) is 24.2 Å². The predicted octanol–water partition coefficient (Wildman–Crippen LogP) is 9.54. The van der Waals surface area contributed by atoms with Crippen LogP contribution in [0.3, 0.4) is 0 Å². The van der Waals surface area contributed by atoms with E-state index < -0.39 is 46.8 Å². The average Bonchev–Trinajstić information content (AvgIpc) is 3.05. The van der Waals surface area contributed by atoms with Gasteiger partial charge in [0.05, 0.1) is 18.8 Å². The van der Waals surface area contributed by atoms with Crippen LogP contribution in [-0.2, 0) is 9.47 Å². The number of thioether (sulfide) groups is 1. The van der Waals surface area contributed by atoms with Gasteiger partial charge in [-0.25, -0.2) is 0 Å². The lowest BCUT2D eigenvalue weighted by Gasteiger charge is -2.59. The summed E-state index contributed by atoms with van der Waals surface area (Å²) in [4.78, 5) is 1.13. The SMILES string of the molecule is CCC1C2CC[C@@]3(O)CC4(CCC3=C2[C@@H](c2ccc(-c3ccc(SC)cc3)cc2)C[C@]1(C)[C@H](O)C(F)(F)C(F)(F)F)OCC(C)(C)CO4. The van der Waals surface area contributed by atoms with Crippen LogP contribution in [0.2, 0.25) is 0 Å². The van der Waals surface area contributed by atoms with E-state index >= 15 is 8.78 Å². The lowest BCUT2D eigenvalue weighted by Crippen LogP contribution is -2.61. The summed E-state index contributed by atoms with van der Waals surface area (Å²) in [6.07, 6.45) is -4.70. The topological polar surface area (TPSA) is 58.9 Å². The molecule has 0 bridgehead atoms. The molecular formula is C38H47F5O4S. The van der Waals surface area contributed by atoms with Gasteiger partial charge in [0.1, 0.15) is 6.10 Å². The van der Waals surface area contributed by atoms with E-state index in [0.29, 0.717) is 45.3 Å². The summed E-state index contributed by atoms with van der Waals surface area (Å²) in [5.74, 6) is -7.82. The standard InChI is InChI=1S/C38H47F5O4S/c1-6-29-27-15-17-35(45)20-36(46-21-33(2,3)22-47-36)18-16-30(35)31(27)28(19-34(29,4)32(44)37(39,40)38(41,42)43)25-9-7-23(8-10-25)24-11-13-26(48-5)14-12-24/h7-14,27-29,32,44-45H,6,15-22H2,1-5H3/t27?,28-,29?,32+,34+,35-/m1/s1. The van der Waals surface area contributed by atoms with Crippen LogP contribution in [0, 0.1) is 22.7 Å². The number of hydrogen-bond donors (Lipinski definition) is 2. The van der Waals surface area contributed by atoms with E-state index in [4.69, 9.17) is 9.47 Å². The lowest BCUT2D eigenvalue weighted by molar-refractivity contribution is -0.333. The first-order valence-electron chi connectivity index (χ1n) is 17.0. The van der Waals surface area contributed by atoms with Gasteiger partial charge in [-0.05, 0) is 78.2 Å². The number of benzene rings is 2. The van der Waals surface area contributed by atoms with Gasteiger partial charge in [0, 0.05) is 34.5 Å². The molecule has 3 aliphatic carbocycles. The first-order valence-corrected chi connectivity index (χ1v) is 18.2. The maximum Gasteiger partial charge on any atom is 0.456 e. The first-order chi connectivity index (χ1) is 22.4. The average molecular weight is 695 g/mol. The Morgan fingerprint density at radius 1 is 0.917 bits per heavy atom. The zero-order valence-electron chi connectivity index (χ0n) is 28.3. The Labute approximate surface area is 284 Å². The summed E-state index contributed by atoms with van der Waals surface area (Å²) < 4.78 is 84.0. The molecule has 0 amide bonds. The molecule has 2 N–H and O–H groups in total. The van der Waals surface area contributed by atoms with E-state index in [0.717, 1.165) is 32.7 Å². The van der Waals surface area contributed by atoms with Crippen molar-refractivity contribution in [1.29, 1.82) is 0 Å². The number of halogens is 5. The summed E-state index contributed by atoms with van der Waals surface area (Å²) in [5, 5.41) is 23.5. The molecule has 1 saturated heterocycles. The number of aliphatic hydroxyl groups is 2. The lowest BCUT2D eigenvalue weighted by atomic mass is 9.48. The van der Waals surface area contributed by atoms with Crippen LogP contribution in [0.5, 0.6) is 0 Å². The Morgan fingerprint density at radius 3 is 2.04 bits per heavy atom. The van der Waals surface area contributed by atoms with Gasteiger partial charge in [0.2, 0.25) is 0 Å². The Kier molecular flexibility index (Phi) is 9.23. The number of alkyl halides is 5. The Hall–Kier alpha value is -1.98. The highest BCUT2D eigenvalue weighted by atomic mass is 32.2. The molecule has 4 nitrogen and oxygen atoms in total. The zero-order chi connectivity index (χ0) is 34.9. The molecule has 2 saturated carbocycles. The van der Waals surface area contributed by atoms with Crippen molar-refractivity contribution < 1.29 is 41.6 Å². The van der Waals surface area contributed by atoms with Crippen LogP contribution in [0.25, 0.3) is 11.1 Å². The third-order valence-electron chi connectivity index (χ3n) is 11.8. The number of allylic oxidation sites excluding steroid dienone is 1. The molecule has 10 heteroatoms. The molecule has 48 heavy (non-hydrogen) atoms.